The highest BCUT2D eigenvalue weighted by molar-refractivity contribution is 9.10. The molecule has 11 nitrogen and oxygen atoms in total. The monoisotopic (exact) mass is 669 g/mol. The molecule has 0 saturated heterocycles. The smallest absolute Gasteiger partial charge is 0.350 e. The van der Waals surface area contributed by atoms with Crippen molar-refractivity contribution in [3.05, 3.63) is 73.8 Å². The van der Waals surface area contributed by atoms with Crippen molar-refractivity contribution in [3.8, 4) is 5.82 Å². The summed E-state index contributed by atoms with van der Waals surface area (Å²) < 4.78 is 41.1. The maximum Gasteiger partial charge on any atom is 0.455 e. The Balaban J connectivity index is 1.74. The van der Waals surface area contributed by atoms with Gasteiger partial charge in [0, 0.05) is 16.7 Å². The maximum atomic E-state index is 13.6. The van der Waals surface area contributed by atoms with Gasteiger partial charge in [-0.25, -0.2) is 9.67 Å². The molecule has 0 radical (unpaired) electrons. The second-order valence-corrected chi connectivity index (χ2v) is 10.4. The summed E-state index contributed by atoms with van der Waals surface area (Å²) in [6, 6.07) is 7.92. The molecule has 1 aromatic carbocycles. The molecule has 4 rings (SSSR count). The number of carbonyl (C=O) groups excluding carboxylic acids is 2. The number of alkyl halides is 3. The van der Waals surface area contributed by atoms with E-state index in [9.17, 15) is 22.8 Å². The first-order chi connectivity index (χ1) is 18.3. The van der Waals surface area contributed by atoms with Gasteiger partial charge in [-0.05, 0) is 77.8 Å². The van der Waals surface area contributed by atoms with Crippen molar-refractivity contribution in [2.45, 2.75) is 39.5 Å². The third-order valence-corrected chi connectivity index (χ3v) is 6.22. The molecule has 0 bridgehead atoms. The van der Waals surface area contributed by atoms with Crippen LogP contribution in [0.1, 0.15) is 51.8 Å². The molecule has 0 aliphatic carbocycles. The molecule has 0 fully saturated rings. The lowest BCUT2D eigenvalue weighted by Gasteiger charge is -2.16. The second-order valence-electron chi connectivity index (χ2n) is 8.61. The summed E-state index contributed by atoms with van der Waals surface area (Å²) in [5.41, 5.74) is 1.29. The summed E-state index contributed by atoms with van der Waals surface area (Å²) >= 11 is 6.76. The van der Waals surface area contributed by atoms with Gasteiger partial charge < -0.3 is 10.6 Å². The average Bonchev–Trinajstić information content (AvgIpc) is 3.48. The van der Waals surface area contributed by atoms with Crippen molar-refractivity contribution in [2.75, 3.05) is 5.32 Å². The minimum atomic E-state index is -4.76. The number of nitrogens with zero attached hydrogens (tertiary/aromatic N) is 7. The Hall–Kier alpha value is -3.66. The molecule has 0 saturated carbocycles. The van der Waals surface area contributed by atoms with E-state index in [0.717, 1.165) is 4.80 Å². The Labute approximate surface area is 236 Å². The number of pyridine rings is 1. The molecule has 0 spiro atoms. The second kappa shape index (κ2) is 11.2. The largest absolute Gasteiger partial charge is 0.455 e. The number of carbonyl (C=O) groups is 2. The van der Waals surface area contributed by atoms with Gasteiger partial charge in [0.15, 0.2) is 5.82 Å². The number of hydrogen-bond acceptors (Lipinski definition) is 7. The normalized spacial score (nSPS) is 11.6. The quantitative estimate of drug-likeness (QED) is 0.295. The zero-order valence-electron chi connectivity index (χ0n) is 20.6. The molecule has 3 heterocycles. The van der Waals surface area contributed by atoms with Crippen LogP contribution in [0.5, 0.6) is 0 Å². The first-order valence-electron chi connectivity index (χ1n) is 11.3. The van der Waals surface area contributed by atoms with Gasteiger partial charge in [0.05, 0.1) is 21.4 Å². The van der Waals surface area contributed by atoms with Crippen LogP contribution >= 0.6 is 31.9 Å². The van der Waals surface area contributed by atoms with Crippen LogP contribution in [-0.2, 0) is 12.7 Å². The van der Waals surface area contributed by atoms with Crippen molar-refractivity contribution < 1.29 is 22.8 Å². The molecule has 0 unspecified atom stereocenters. The van der Waals surface area contributed by atoms with Crippen LogP contribution in [0.2, 0.25) is 0 Å². The van der Waals surface area contributed by atoms with Gasteiger partial charge in [-0.2, -0.15) is 23.1 Å². The van der Waals surface area contributed by atoms with Gasteiger partial charge in [0.25, 0.3) is 17.6 Å². The average molecular weight is 671 g/mol. The molecular formula is C23H20Br2F3N9O2. The van der Waals surface area contributed by atoms with Gasteiger partial charge >= 0.3 is 6.18 Å². The third-order valence-electron chi connectivity index (χ3n) is 5.15. The number of hydrogen-bond donors (Lipinski definition) is 2. The zero-order valence-corrected chi connectivity index (χ0v) is 23.8. The molecule has 0 aliphatic rings. The van der Waals surface area contributed by atoms with Gasteiger partial charge in [0.1, 0.15) is 12.2 Å². The van der Waals surface area contributed by atoms with Crippen LogP contribution in [0, 0.1) is 6.92 Å². The third kappa shape index (κ3) is 6.50. The minimum absolute atomic E-state index is 0.00176. The Morgan fingerprint density at radius 1 is 1.10 bits per heavy atom. The highest BCUT2D eigenvalue weighted by Crippen LogP contribution is 2.28. The maximum absolute atomic E-state index is 13.6. The Morgan fingerprint density at radius 2 is 1.85 bits per heavy atom. The van der Waals surface area contributed by atoms with E-state index >= 15 is 0 Å². The van der Waals surface area contributed by atoms with Crippen LogP contribution in [0.3, 0.4) is 0 Å². The van der Waals surface area contributed by atoms with Crippen molar-refractivity contribution in [3.63, 3.8) is 0 Å². The summed E-state index contributed by atoms with van der Waals surface area (Å²) in [7, 11) is 0. The number of aryl methyl sites for hydroxylation is 1. The number of tetrazole rings is 1. The standard InChI is InChI=1S/C23H20Br2F3N9O2/c1-11(2)30-20(38)15-8-13(24)7-12(3)18(15)31-21(39)17-9-14(10-36-34-22(32-35-36)23(26,27)28)33-37(17)19-16(25)5-4-6-29-19/h4-9,11H,10H2,1-3H3,(H,30,38)(H,31,39). The van der Waals surface area contributed by atoms with Gasteiger partial charge in [-0.1, -0.05) is 15.9 Å². The molecule has 2 amide bonds. The van der Waals surface area contributed by atoms with Crippen LogP contribution in [-0.4, -0.2) is 52.8 Å². The van der Waals surface area contributed by atoms with Crippen LogP contribution in [0.15, 0.2) is 45.5 Å². The van der Waals surface area contributed by atoms with Gasteiger partial charge in [-0.3, -0.25) is 9.59 Å². The summed E-state index contributed by atoms with van der Waals surface area (Å²) in [5, 5.41) is 19.7. The predicted molar refractivity (Wildman–Crippen MR) is 140 cm³/mol. The van der Waals surface area contributed by atoms with E-state index in [1.807, 2.05) is 13.8 Å². The number of amides is 2. The molecule has 16 heteroatoms. The fourth-order valence-electron chi connectivity index (χ4n) is 3.54. The molecule has 0 aliphatic heterocycles. The topological polar surface area (TPSA) is 133 Å². The number of nitrogens with one attached hydrogen (secondary N) is 2. The van der Waals surface area contributed by atoms with E-state index in [1.54, 1.807) is 31.2 Å². The summed E-state index contributed by atoms with van der Waals surface area (Å²) in [5.74, 6) is -2.17. The Kier molecular flexibility index (Phi) is 8.15. The molecule has 204 valence electrons. The Morgan fingerprint density at radius 3 is 2.49 bits per heavy atom. The van der Waals surface area contributed by atoms with Crippen LogP contribution in [0.4, 0.5) is 18.9 Å². The fourth-order valence-corrected chi connectivity index (χ4v) is 4.53. The van der Waals surface area contributed by atoms with E-state index in [-0.39, 0.29) is 47.0 Å². The number of rotatable bonds is 7. The van der Waals surface area contributed by atoms with Crippen molar-refractivity contribution >= 4 is 49.4 Å². The highest BCUT2D eigenvalue weighted by Gasteiger charge is 2.37. The van der Waals surface area contributed by atoms with Gasteiger partial charge in [0.2, 0.25) is 0 Å². The number of aromatic nitrogens is 7. The van der Waals surface area contributed by atoms with E-state index in [2.05, 4.69) is 68.0 Å². The highest BCUT2D eigenvalue weighted by atomic mass is 79.9. The predicted octanol–water partition coefficient (Wildman–Crippen LogP) is 4.54. The van der Waals surface area contributed by atoms with Crippen LogP contribution < -0.4 is 10.6 Å². The number of benzene rings is 1. The van der Waals surface area contributed by atoms with E-state index < -0.39 is 17.9 Å². The minimum Gasteiger partial charge on any atom is -0.350 e. The van der Waals surface area contributed by atoms with Crippen molar-refractivity contribution in [2.24, 2.45) is 0 Å². The number of halogens is 5. The van der Waals surface area contributed by atoms with E-state index in [1.165, 1.54) is 16.9 Å². The van der Waals surface area contributed by atoms with Crippen molar-refractivity contribution in [1.82, 2.24) is 40.3 Å². The lowest BCUT2D eigenvalue weighted by atomic mass is 10.1. The Bertz CT molecular complexity index is 1550. The number of anilines is 1. The SMILES string of the molecule is Cc1cc(Br)cc(C(=O)NC(C)C)c1NC(=O)c1cc(Cn2nnc(C(F)(F)F)n2)nn1-c1ncccc1Br. The lowest BCUT2D eigenvalue weighted by Crippen LogP contribution is -2.31. The molecule has 3 aromatic heterocycles. The summed E-state index contributed by atoms with van der Waals surface area (Å²) in [6.45, 7) is 5.06. The van der Waals surface area contributed by atoms with Gasteiger partial charge in [-0.15, -0.1) is 10.2 Å². The van der Waals surface area contributed by atoms with Crippen LogP contribution in [0.25, 0.3) is 5.82 Å². The fraction of sp³-hybridized carbons (Fsp3) is 0.261. The van der Waals surface area contributed by atoms with E-state index in [4.69, 9.17) is 0 Å². The first-order valence-corrected chi connectivity index (χ1v) is 12.9. The molecule has 39 heavy (non-hydrogen) atoms. The molecule has 0 atom stereocenters. The summed E-state index contributed by atoms with van der Waals surface area (Å²) in [4.78, 5) is 31.5. The van der Waals surface area contributed by atoms with E-state index in [0.29, 0.717) is 14.5 Å². The first kappa shape index (κ1) is 28.4. The molecular weight excluding hydrogens is 651 g/mol. The molecule has 4 aromatic rings. The summed E-state index contributed by atoms with van der Waals surface area (Å²) in [6.07, 6.45) is -3.27. The zero-order chi connectivity index (χ0) is 28.5. The molecule has 2 N–H and O–H groups in total. The van der Waals surface area contributed by atoms with Crippen molar-refractivity contribution in [1.29, 1.82) is 0 Å². The lowest BCUT2D eigenvalue weighted by molar-refractivity contribution is -0.145.